The summed E-state index contributed by atoms with van der Waals surface area (Å²) in [4.78, 5) is 14.3. The SMILES string of the molecule is C/C=C1\[C@H](C)C(C)[C@@H](C)C[C@]1(N)c1ccc(=O)[nH]c1C. The van der Waals surface area contributed by atoms with E-state index >= 15 is 0 Å². The molecule has 0 aromatic carbocycles. The zero-order valence-electron chi connectivity index (χ0n) is 13.2. The van der Waals surface area contributed by atoms with Crippen LogP contribution in [0.3, 0.4) is 0 Å². The minimum absolute atomic E-state index is 0.0675. The number of hydrogen-bond donors (Lipinski definition) is 2. The fraction of sp³-hybridized carbons (Fsp3) is 0.588. The molecule has 20 heavy (non-hydrogen) atoms. The van der Waals surface area contributed by atoms with E-state index in [-0.39, 0.29) is 5.56 Å². The molecule has 0 amide bonds. The summed E-state index contributed by atoms with van der Waals surface area (Å²) in [6.45, 7) is 10.8. The lowest BCUT2D eigenvalue weighted by Gasteiger charge is -2.47. The molecule has 4 atom stereocenters. The standard InChI is InChI=1S/C17H26N2O/c1-6-14-12(4)11(3)10(2)9-17(14,18)15-7-8-16(20)19-13(15)5/h6-8,10-12H,9,18H2,1-5H3,(H,19,20)/b14-6+/t10-,11?,12+,17+/m0/s1. The van der Waals surface area contributed by atoms with Crippen molar-refractivity contribution in [1.29, 1.82) is 0 Å². The first-order chi connectivity index (χ1) is 9.31. The van der Waals surface area contributed by atoms with Gasteiger partial charge in [0, 0.05) is 11.8 Å². The largest absolute Gasteiger partial charge is 0.326 e. The highest BCUT2D eigenvalue weighted by Gasteiger charge is 2.44. The van der Waals surface area contributed by atoms with Gasteiger partial charge in [-0.2, -0.15) is 0 Å². The third-order valence-corrected chi connectivity index (χ3v) is 5.24. The smallest absolute Gasteiger partial charge is 0.248 e. The van der Waals surface area contributed by atoms with Crippen molar-refractivity contribution in [3.8, 4) is 0 Å². The van der Waals surface area contributed by atoms with Gasteiger partial charge in [0.2, 0.25) is 5.56 Å². The molecule has 1 saturated carbocycles. The van der Waals surface area contributed by atoms with Crippen LogP contribution in [-0.2, 0) is 5.54 Å². The Morgan fingerprint density at radius 3 is 2.55 bits per heavy atom. The van der Waals surface area contributed by atoms with Crippen LogP contribution in [0.5, 0.6) is 0 Å². The third kappa shape index (κ3) is 2.24. The summed E-state index contributed by atoms with van der Waals surface area (Å²) in [5.41, 5.74) is 9.53. The maximum atomic E-state index is 11.5. The minimum atomic E-state index is -0.464. The van der Waals surface area contributed by atoms with Crippen LogP contribution in [0, 0.1) is 24.7 Å². The summed E-state index contributed by atoms with van der Waals surface area (Å²) < 4.78 is 0. The van der Waals surface area contributed by atoms with Gasteiger partial charge in [0.05, 0.1) is 5.54 Å². The normalized spacial score (nSPS) is 36.3. The molecule has 1 aromatic rings. The van der Waals surface area contributed by atoms with Crippen LogP contribution >= 0.6 is 0 Å². The van der Waals surface area contributed by atoms with Crippen molar-refractivity contribution >= 4 is 0 Å². The second kappa shape index (κ2) is 5.21. The van der Waals surface area contributed by atoms with E-state index in [1.807, 2.05) is 13.0 Å². The lowest BCUT2D eigenvalue weighted by Crippen LogP contribution is -2.49. The highest BCUT2D eigenvalue weighted by Crippen LogP contribution is 2.47. The summed E-state index contributed by atoms with van der Waals surface area (Å²) in [6, 6.07) is 3.48. The molecule has 2 rings (SSSR count). The third-order valence-electron chi connectivity index (χ3n) is 5.24. The average molecular weight is 274 g/mol. The molecule has 3 nitrogen and oxygen atoms in total. The van der Waals surface area contributed by atoms with Crippen molar-refractivity contribution in [2.24, 2.45) is 23.5 Å². The zero-order valence-corrected chi connectivity index (χ0v) is 13.2. The van der Waals surface area contributed by atoms with Crippen LogP contribution in [-0.4, -0.2) is 4.98 Å². The maximum Gasteiger partial charge on any atom is 0.248 e. The Balaban J connectivity index is 2.59. The van der Waals surface area contributed by atoms with E-state index in [2.05, 4.69) is 38.8 Å². The number of allylic oxidation sites excluding steroid dienone is 1. The molecule has 3 N–H and O–H groups in total. The monoisotopic (exact) mass is 274 g/mol. The number of aromatic amines is 1. The molecule has 1 unspecified atom stereocenters. The molecule has 0 saturated heterocycles. The molecule has 0 aliphatic heterocycles. The van der Waals surface area contributed by atoms with Crippen molar-refractivity contribution in [2.75, 3.05) is 0 Å². The van der Waals surface area contributed by atoms with E-state index in [1.54, 1.807) is 6.07 Å². The first-order valence-electron chi connectivity index (χ1n) is 7.47. The number of aromatic nitrogens is 1. The molecular weight excluding hydrogens is 248 g/mol. The summed E-state index contributed by atoms with van der Waals surface area (Å²) in [7, 11) is 0. The van der Waals surface area contributed by atoms with Crippen molar-refractivity contribution in [3.63, 3.8) is 0 Å². The van der Waals surface area contributed by atoms with Gasteiger partial charge in [0.25, 0.3) is 0 Å². The van der Waals surface area contributed by atoms with Crippen LogP contribution in [0.15, 0.2) is 28.6 Å². The van der Waals surface area contributed by atoms with Crippen molar-refractivity contribution < 1.29 is 0 Å². The van der Waals surface area contributed by atoms with Crippen LogP contribution in [0.4, 0.5) is 0 Å². The molecule has 0 spiro atoms. The van der Waals surface area contributed by atoms with E-state index in [4.69, 9.17) is 5.73 Å². The molecule has 3 heteroatoms. The topological polar surface area (TPSA) is 58.9 Å². The lowest BCUT2D eigenvalue weighted by atomic mass is 9.61. The van der Waals surface area contributed by atoms with E-state index in [1.165, 1.54) is 5.57 Å². The summed E-state index contributed by atoms with van der Waals surface area (Å²) in [5.74, 6) is 1.64. The second-order valence-electron chi connectivity index (χ2n) is 6.41. The van der Waals surface area contributed by atoms with Gasteiger partial charge in [-0.25, -0.2) is 0 Å². The fourth-order valence-electron chi connectivity index (χ4n) is 3.84. The predicted molar refractivity (Wildman–Crippen MR) is 83.5 cm³/mol. The number of rotatable bonds is 1. The highest BCUT2D eigenvalue weighted by atomic mass is 16.1. The number of pyridine rings is 1. The van der Waals surface area contributed by atoms with Crippen molar-refractivity contribution in [2.45, 2.75) is 46.6 Å². The average Bonchev–Trinajstić information content (AvgIpc) is 2.36. The Labute approximate surface area is 121 Å². The second-order valence-corrected chi connectivity index (χ2v) is 6.41. The lowest BCUT2D eigenvalue weighted by molar-refractivity contribution is 0.182. The first kappa shape index (κ1) is 15.0. The molecule has 1 aliphatic carbocycles. The van der Waals surface area contributed by atoms with Crippen LogP contribution in [0.25, 0.3) is 0 Å². The molecule has 1 heterocycles. The fourth-order valence-corrected chi connectivity index (χ4v) is 3.84. The predicted octanol–water partition coefficient (Wildman–Crippen LogP) is 3.10. The van der Waals surface area contributed by atoms with E-state index in [0.29, 0.717) is 17.8 Å². The number of aryl methyl sites for hydroxylation is 1. The van der Waals surface area contributed by atoms with Gasteiger partial charge >= 0.3 is 0 Å². The number of nitrogens with two attached hydrogens (primary N) is 1. The van der Waals surface area contributed by atoms with Gasteiger partial charge in [0.15, 0.2) is 0 Å². The van der Waals surface area contributed by atoms with Gasteiger partial charge in [0.1, 0.15) is 0 Å². The first-order valence-corrected chi connectivity index (χ1v) is 7.47. The summed E-state index contributed by atoms with van der Waals surface area (Å²) in [5, 5.41) is 0. The Morgan fingerprint density at radius 1 is 1.35 bits per heavy atom. The molecule has 1 fully saturated rings. The summed E-state index contributed by atoms with van der Waals surface area (Å²) in [6.07, 6.45) is 3.09. The van der Waals surface area contributed by atoms with Gasteiger partial charge in [-0.3, -0.25) is 4.79 Å². The Kier molecular flexibility index (Phi) is 3.92. The number of hydrogen-bond acceptors (Lipinski definition) is 2. The van der Waals surface area contributed by atoms with E-state index in [0.717, 1.165) is 17.7 Å². The molecule has 110 valence electrons. The zero-order chi connectivity index (χ0) is 15.1. The van der Waals surface area contributed by atoms with Crippen molar-refractivity contribution in [3.05, 3.63) is 45.4 Å². The molecule has 1 aliphatic rings. The number of nitrogens with one attached hydrogen (secondary N) is 1. The highest BCUT2D eigenvalue weighted by molar-refractivity contribution is 5.39. The Hall–Kier alpha value is -1.35. The van der Waals surface area contributed by atoms with Gasteiger partial charge in [-0.1, -0.05) is 26.8 Å². The van der Waals surface area contributed by atoms with Crippen LogP contribution < -0.4 is 11.3 Å². The summed E-state index contributed by atoms with van der Waals surface area (Å²) >= 11 is 0. The molecule has 1 aromatic heterocycles. The van der Waals surface area contributed by atoms with Crippen LogP contribution in [0.1, 0.15) is 45.4 Å². The Bertz CT molecular complexity index is 587. The van der Waals surface area contributed by atoms with E-state index < -0.39 is 5.54 Å². The Morgan fingerprint density at radius 2 is 2.00 bits per heavy atom. The van der Waals surface area contributed by atoms with Crippen LogP contribution in [0.2, 0.25) is 0 Å². The minimum Gasteiger partial charge on any atom is -0.326 e. The van der Waals surface area contributed by atoms with Gasteiger partial charge < -0.3 is 10.7 Å². The molecule has 0 bridgehead atoms. The van der Waals surface area contributed by atoms with Gasteiger partial charge in [-0.15, -0.1) is 0 Å². The quantitative estimate of drug-likeness (QED) is 0.773. The number of H-pyrrole nitrogens is 1. The van der Waals surface area contributed by atoms with E-state index in [9.17, 15) is 4.79 Å². The maximum absolute atomic E-state index is 11.5. The van der Waals surface area contributed by atoms with Crippen molar-refractivity contribution in [1.82, 2.24) is 4.98 Å². The van der Waals surface area contributed by atoms with Gasteiger partial charge in [-0.05, 0) is 55.2 Å². The molecule has 0 radical (unpaired) electrons. The molecular formula is C17H26N2O.